The number of hydrogen-bond donors (Lipinski definition) is 1. The van der Waals surface area contributed by atoms with Gasteiger partial charge in [-0.2, -0.15) is 0 Å². The number of carboxylic acid groups (broad SMARTS) is 1. The second kappa shape index (κ2) is 26.6. The third-order valence-corrected chi connectivity index (χ3v) is 9.57. The van der Waals surface area contributed by atoms with Gasteiger partial charge in [0.05, 0.1) is 6.61 Å². The van der Waals surface area contributed by atoms with Crippen LogP contribution in [0, 0.1) is 17.8 Å². The van der Waals surface area contributed by atoms with E-state index in [0.717, 1.165) is 67.4 Å². The average molecular weight is 676 g/mol. The fourth-order valence-corrected chi connectivity index (χ4v) is 6.64. The van der Waals surface area contributed by atoms with Crippen LogP contribution in [0.3, 0.4) is 0 Å². The highest BCUT2D eigenvalue weighted by atomic mass is 16.6. The predicted octanol–water partition coefficient (Wildman–Crippen LogP) is 10.9. The van der Waals surface area contributed by atoms with E-state index in [0.29, 0.717) is 12.5 Å². The van der Waals surface area contributed by atoms with E-state index >= 15 is 0 Å². The zero-order valence-electron chi connectivity index (χ0n) is 31.1. The molecule has 1 aliphatic heterocycles. The van der Waals surface area contributed by atoms with Gasteiger partial charge in [0.15, 0.2) is 0 Å². The number of nitrogens with zero attached hydrogens (tertiary/aromatic N) is 3. The second-order valence-corrected chi connectivity index (χ2v) is 13.3. The minimum absolute atomic E-state index is 0.202. The van der Waals surface area contributed by atoms with Crippen LogP contribution < -0.4 is 0 Å². The summed E-state index contributed by atoms with van der Waals surface area (Å²) < 4.78 is 10.5. The average Bonchev–Trinajstić information content (AvgIpc) is 3.82. The van der Waals surface area contributed by atoms with Gasteiger partial charge in [-0.05, 0) is 112 Å². The van der Waals surface area contributed by atoms with Crippen LogP contribution in [-0.4, -0.2) is 52.0 Å². The third-order valence-electron chi connectivity index (χ3n) is 9.57. The third kappa shape index (κ3) is 17.3. The molecule has 272 valence electrons. The smallest absolute Gasteiger partial charge is 0.321 e. The maximum absolute atomic E-state index is 11.5. The first-order chi connectivity index (χ1) is 24.0. The van der Waals surface area contributed by atoms with Crippen molar-refractivity contribution in [1.29, 1.82) is 0 Å². The molecule has 2 aromatic carbocycles. The molecule has 7 heteroatoms. The Balaban J connectivity index is 0.000000270. The highest BCUT2D eigenvalue weighted by Crippen LogP contribution is 2.32. The van der Waals surface area contributed by atoms with Crippen LogP contribution in [0.1, 0.15) is 117 Å². The first-order valence-corrected chi connectivity index (χ1v) is 18.9. The number of carboxylic acids is 1. The molecule has 7 nitrogen and oxygen atoms in total. The summed E-state index contributed by atoms with van der Waals surface area (Å²) in [5.74, 6) is 1.30. The Labute approximate surface area is 297 Å². The summed E-state index contributed by atoms with van der Waals surface area (Å²) in [6.07, 6.45) is 22.8. The zero-order chi connectivity index (χ0) is 35.5. The molecule has 1 aromatic heterocycles. The van der Waals surface area contributed by atoms with E-state index in [1.165, 1.54) is 57.8 Å². The van der Waals surface area contributed by atoms with Crippen LogP contribution in [-0.2, 0) is 16.1 Å². The van der Waals surface area contributed by atoms with E-state index in [9.17, 15) is 9.90 Å². The number of aliphatic carboxylic acids is 1. The number of aromatic nitrogens is 2. The molecule has 3 aromatic rings. The summed E-state index contributed by atoms with van der Waals surface area (Å²) in [6, 6.07) is 17.7. The molecular weight excluding hydrogens is 610 g/mol. The quantitative estimate of drug-likeness (QED) is 0.134. The zero-order valence-corrected chi connectivity index (χ0v) is 31.1. The normalized spacial score (nSPS) is 17.9. The Morgan fingerprint density at radius 1 is 0.918 bits per heavy atom. The fourth-order valence-electron chi connectivity index (χ4n) is 6.64. The molecular formula is C42H65N3O4. The number of carbonyl (C=O) groups is 1. The molecule has 1 N–H and O–H groups in total. The lowest BCUT2D eigenvalue weighted by Gasteiger charge is -2.33. The number of fused-ring (bicyclic) bond motifs is 1. The van der Waals surface area contributed by atoms with Gasteiger partial charge in [-0.3, -0.25) is 9.69 Å². The Hall–Kier alpha value is -3.29. The summed E-state index contributed by atoms with van der Waals surface area (Å²) in [4.78, 5) is 13.8. The summed E-state index contributed by atoms with van der Waals surface area (Å²) in [7, 11) is 0. The summed E-state index contributed by atoms with van der Waals surface area (Å²) >= 11 is 0. The van der Waals surface area contributed by atoms with Crippen LogP contribution in [0.5, 0.6) is 0 Å². The van der Waals surface area contributed by atoms with Crippen LogP contribution in [0.25, 0.3) is 11.0 Å². The first kappa shape index (κ1) is 41.9. The highest BCUT2D eigenvalue weighted by Gasteiger charge is 2.37. The minimum atomic E-state index is -0.589. The first-order valence-electron chi connectivity index (χ1n) is 18.9. The van der Waals surface area contributed by atoms with Gasteiger partial charge >= 0.3 is 5.97 Å². The Morgan fingerprint density at radius 2 is 1.59 bits per heavy atom. The van der Waals surface area contributed by atoms with Gasteiger partial charge in [-0.25, -0.2) is 4.63 Å². The monoisotopic (exact) mass is 675 g/mol. The predicted molar refractivity (Wildman–Crippen MR) is 203 cm³/mol. The van der Waals surface area contributed by atoms with Crippen molar-refractivity contribution in [3.63, 3.8) is 0 Å². The molecule has 3 unspecified atom stereocenters. The summed E-state index contributed by atoms with van der Waals surface area (Å²) in [5, 5.41) is 17.2. The molecule has 5 rings (SSSR count). The number of rotatable bonds is 14. The minimum Gasteiger partial charge on any atom is -0.480 e. The lowest BCUT2D eigenvalue weighted by atomic mass is 9.83. The van der Waals surface area contributed by atoms with Crippen molar-refractivity contribution in [3.05, 3.63) is 84.5 Å². The molecule has 0 radical (unpaired) electrons. The van der Waals surface area contributed by atoms with Gasteiger partial charge in [0, 0.05) is 13.2 Å². The Kier molecular flexibility index (Phi) is 22.7. The molecule has 2 fully saturated rings. The standard InChI is InChI=1S/C18H26N2O2.C14H25NO2.C6H6.C4H8/c1-3-5-6-8-15(7-4-2)11-12-21-14-16-9-10-17-18(13-16)20-22-19-17;1-2-11-8-9-15(10-11)13(14(16)17)12-6-4-3-5-7-12;1-2-4-6-5-3-1;1-3-4-2/h3,5,9-10,13,15H,4,6-8,11-12,14H2,1-2H3;11-13H,2-10H2,1H3,(H,16,17);1-6H;3-4H,1-2H3/b5-3-;;;4-3-. The van der Waals surface area contributed by atoms with Crippen molar-refractivity contribution < 1.29 is 19.3 Å². The number of benzene rings is 2. The molecule has 2 aliphatic rings. The second-order valence-electron chi connectivity index (χ2n) is 13.3. The lowest BCUT2D eigenvalue weighted by molar-refractivity contribution is -0.145. The van der Waals surface area contributed by atoms with Crippen molar-refractivity contribution in [3.8, 4) is 0 Å². The molecule has 0 spiro atoms. The molecule has 1 saturated heterocycles. The van der Waals surface area contributed by atoms with Crippen molar-refractivity contribution in [2.75, 3.05) is 19.7 Å². The molecule has 3 atom stereocenters. The largest absolute Gasteiger partial charge is 0.480 e. The molecule has 1 aliphatic carbocycles. The van der Waals surface area contributed by atoms with Crippen molar-refractivity contribution in [2.45, 2.75) is 124 Å². The summed E-state index contributed by atoms with van der Waals surface area (Å²) in [5.41, 5.74) is 2.69. The number of likely N-dealkylation sites (tertiary alicyclic amines) is 1. The maximum atomic E-state index is 11.5. The fraction of sp³-hybridized carbons (Fsp3) is 0.595. The van der Waals surface area contributed by atoms with Crippen LogP contribution in [0.4, 0.5) is 0 Å². The Morgan fingerprint density at radius 3 is 2.16 bits per heavy atom. The molecule has 49 heavy (non-hydrogen) atoms. The van der Waals surface area contributed by atoms with E-state index in [-0.39, 0.29) is 6.04 Å². The van der Waals surface area contributed by atoms with Gasteiger partial charge in [0.25, 0.3) is 0 Å². The van der Waals surface area contributed by atoms with Gasteiger partial charge in [0.2, 0.25) is 0 Å². The molecule has 0 amide bonds. The highest BCUT2D eigenvalue weighted by molar-refractivity contribution is 5.74. The van der Waals surface area contributed by atoms with Crippen molar-refractivity contribution >= 4 is 17.0 Å². The maximum Gasteiger partial charge on any atom is 0.321 e. The van der Waals surface area contributed by atoms with E-state index in [4.69, 9.17) is 9.37 Å². The van der Waals surface area contributed by atoms with E-state index in [2.05, 4.69) is 48.1 Å². The SMILES string of the molecule is C/C=C\C.C/C=C\CCC(CCC)CCOCc1ccc2nonc2c1.CCC1CCN(C(C(=O)O)C2CCCCC2)C1.c1ccccc1. The van der Waals surface area contributed by atoms with E-state index in [1.54, 1.807) is 0 Å². The van der Waals surface area contributed by atoms with Crippen molar-refractivity contribution in [1.82, 2.24) is 15.2 Å². The van der Waals surface area contributed by atoms with Crippen LogP contribution in [0.2, 0.25) is 0 Å². The number of hydrogen-bond acceptors (Lipinski definition) is 6. The van der Waals surface area contributed by atoms with E-state index in [1.807, 2.05) is 80.6 Å². The Bertz CT molecular complexity index is 1250. The van der Waals surface area contributed by atoms with Crippen molar-refractivity contribution in [2.24, 2.45) is 17.8 Å². The summed E-state index contributed by atoms with van der Waals surface area (Å²) in [6.45, 7) is 14.0. The molecule has 1 saturated carbocycles. The van der Waals surface area contributed by atoms with Gasteiger partial charge in [-0.15, -0.1) is 0 Å². The van der Waals surface area contributed by atoms with Gasteiger partial charge in [-0.1, -0.05) is 119 Å². The topological polar surface area (TPSA) is 88.7 Å². The van der Waals surface area contributed by atoms with E-state index < -0.39 is 5.97 Å². The van der Waals surface area contributed by atoms with Gasteiger partial charge in [0.1, 0.15) is 17.1 Å². The molecule has 0 bridgehead atoms. The number of ether oxygens (including phenoxy) is 1. The van der Waals surface area contributed by atoms with Gasteiger partial charge < -0.3 is 9.84 Å². The molecule has 2 heterocycles. The lowest BCUT2D eigenvalue weighted by Crippen LogP contribution is -2.45. The van der Waals surface area contributed by atoms with Crippen LogP contribution in [0.15, 0.2) is 83.5 Å². The number of allylic oxidation sites excluding steroid dienone is 4. The van der Waals surface area contributed by atoms with Crippen LogP contribution >= 0.6 is 0 Å².